The minimum atomic E-state index is -0.643. The molecular formula is C15H19BrN2O3. The van der Waals surface area contributed by atoms with Crippen molar-refractivity contribution in [3.8, 4) is 0 Å². The number of benzene rings is 1. The molecule has 6 heteroatoms. The number of aryl methyl sites for hydroxylation is 1. The number of amides is 3. The van der Waals surface area contributed by atoms with Crippen LogP contribution in [0.15, 0.2) is 22.7 Å². The Balaban J connectivity index is 2.97. The van der Waals surface area contributed by atoms with Crippen molar-refractivity contribution in [2.24, 2.45) is 0 Å². The number of hydrogen-bond donors (Lipinski definition) is 1. The molecule has 0 heterocycles. The number of nitrogens with one attached hydrogen (secondary N) is 1. The second-order valence-electron chi connectivity index (χ2n) is 4.78. The monoisotopic (exact) mass is 354 g/mol. The summed E-state index contributed by atoms with van der Waals surface area (Å²) in [6.45, 7) is 4.20. The first kappa shape index (κ1) is 17.4. The van der Waals surface area contributed by atoms with Gasteiger partial charge < -0.3 is 4.90 Å². The highest BCUT2D eigenvalue weighted by atomic mass is 79.9. The second-order valence-corrected chi connectivity index (χ2v) is 5.70. The molecule has 0 aromatic heterocycles. The molecule has 0 aliphatic heterocycles. The number of hydrogen-bond acceptors (Lipinski definition) is 3. The van der Waals surface area contributed by atoms with Crippen molar-refractivity contribution in [1.29, 1.82) is 0 Å². The van der Waals surface area contributed by atoms with Gasteiger partial charge in [0.25, 0.3) is 0 Å². The molecule has 3 amide bonds. The fraction of sp³-hybridized carbons (Fsp3) is 0.400. The molecular weight excluding hydrogens is 336 g/mol. The van der Waals surface area contributed by atoms with E-state index < -0.39 is 11.9 Å². The standard InChI is InChI=1S/C15H19BrN2O3/c1-3-4-14(15(21)17-9-19)18(10-20)8-12-7-13(16)6-5-11(12)2/h5-7,9-10,14H,3-4,8H2,1-2H3,(H,17,19,21). The molecule has 0 saturated heterocycles. The molecule has 21 heavy (non-hydrogen) atoms. The van der Waals surface area contributed by atoms with Crippen LogP contribution in [0.2, 0.25) is 0 Å². The van der Waals surface area contributed by atoms with Crippen molar-refractivity contribution in [3.05, 3.63) is 33.8 Å². The van der Waals surface area contributed by atoms with Gasteiger partial charge in [-0.05, 0) is 36.6 Å². The maximum Gasteiger partial charge on any atom is 0.249 e. The molecule has 1 rings (SSSR count). The SMILES string of the molecule is CCCC(C(=O)NC=O)N(C=O)Cc1cc(Br)ccc1C. The summed E-state index contributed by atoms with van der Waals surface area (Å²) in [5.41, 5.74) is 1.99. The van der Waals surface area contributed by atoms with Gasteiger partial charge in [-0.15, -0.1) is 0 Å². The Labute approximate surface area is 132 Å². The summed E-state index contributed by atoms with van der Waals surface area (Å²) >= 11 is 3.40. The highest BCUT2D eigenvalue weighted by molar-refractivity contribution is 9.10. The van der Waals surface area contributed by atoms with E-state index in [4.69, 9.17) is 0 Å². The van der Waals surface area contributed by atoms with E-state index in [1.54, 1.807) is 0 Å². The summed E-state index contributed by atoms with van der Waals surface area (Å²) in [5, 5.41) is 2.13. The van der Waals surface area contributed by atoms with E-state index in [-0.39, 0.29) is 0 Å². The Hall–Kier alpha value is -1.69. The lowest BCUT2D eigenvalue weighted by Crippen LogP contribution is -2.45. The largest absolute Gasteiger partial charge is 0.329 e. The Bertz CT molecular complexity index is 520. The van der Waals surface area contributed by atoms with Crippen molar-refractivity contribution in [2.45, 2.75) is 39.3 Å². The molecule has 0 spiro atoms. The number of rotatable bonds is 8. The van der Waals surface area contributed by atoms with Crippen LogP contribution in [0.25, 0.3) is 0 Å². The van der Waals surface area contributed by atoms with Gasteiger partial charge in [-0.2, -0.15) is 0 Å². The summed E-state index contributed by atoms with van der Waals surface area (Å²) in [6, 6.07) is 5.15. The summed E-state index contributed by atoms with van der Waals surface area (Å²) in [7, 11) is 0. The number of carbonyl (C=O) groups is 3. The predicted octanol–water partition coefficient (Wildman–Crippen LogP) is 2.16. The van der Waals surface area contributed by atoms with Crippen molar-refractivity contribution >= 4 is 34.7 Å². The number of imide groups is 1. The summed E-state index contributed by atoms with van der Waals surface area (Å²) in [6.07, 6.45) is 2.24. The predicted molar refractivity (Wildman–Crippen MR) is 83.4 cm³/mol. The van der Waals surface area contributed by atoms with E-state index in [0.717, 1.165) is 22.0 Å². The maximum absolute atomic E-state index is 11.9. The minimum Gasteiger partial charge on any atom is -0.329 e. The zero-order valence-corrected chi connectivity index (χ0v) is 13.7. The quantitative estimate of drug-likeness (QED) is 0.727. The minimum absolute atomic E-state index is 0.325. The Morgan fingerprint density at radius 2 is 2.14 bits per heavy atom. The molecule has 0 saturated carbocycles. The molecule has 0 fully saturated rings. The first-order chi connectivity index (χ1) is 10.0. The van der Waals surface area contributed by atoms with Gasteiger partial charge in [0.05, 0.1) is 0 Å². The van der Waals surface area contributed by atoms with Crippen LogP contribution in [0.1, 0.15) is 30.9 Å². The molecule has 1 aromatic rings. The third-order valence-electron chi connectivity index (χ3n) is 3.27. The van der Waals surface area contributed by atoms with Crippen LogP contribution in [0.3, 0.4) is 0 Å². The number of halogens is 1. The lowest BCUT2D eigenvalue weighted by Gasteiger charge is -2.27. The molecule has 1 aromatic carbocycles. The molecule has 114 valence electrons. The van der Waals surface area contributed by atoms with Crippen LogP contribution in [0.5, 0.6) is 0 Å². The summed E-state index contributed by atoms with van der Waals surface area (Å²) < 4.78 is 0.915. The summed E-state index contributed by atoms with van der Waals surface area (Å²) in [4.78, 5) is 35.2. The average Bonchev–Trinajstić information content (AvgIpc) is 2.46. The normalized spacial score (nSPS) is 11.6. The van der Waals surface area contributed by atoms with Gasteiger partial charge in [0.2, 0.25) is 18.7 Å². The van der Waals surface area contributed by atoms with E-state index in [0.29, 0.717) is 25.8 Å². The van der Waals surface area contributed by atoms with E-state index in [9.17, 15) is 14.4 Å². The molecule has 1 N–H and O–H groups in total. The van der Waals surface area contributed by atoms with Gasteiger partial charge in [0, 0.05) is 11.0 Å². The lowest BCUT2D eigenvalue weighted by molar-refractivity contribution is -0.135. The van der Waals surface area contributed by atoms with Crippen LogP contribution >= 0.6 is 15.9 Å². The van der Waals surface area contributed by atoms with Crippen LogP contribution in [0.4, 0.5) is 0 Å². The van der Waals surface area contributed by atoms with Gasteiger partial charge in [0.1, 0.15) is 6.04 Å². The van der Waals surface area contributed by atoms with Gasteiger partial charge in [-0.25, -0.2) is 0 Å². The average molecular weight is 355 g/mol. The smallest absolute Gasteiger partial charge is 0.249 e. The van der Waals surface area contributed by atoms with E-state index in [1.807, 2.05) is 32.0 Å². The third kappa shape index (κ3) is 4.97. The number of nitrogens with zero attached hydrogens (tertiary/aromatic N) is 1. The molecule has 5 nitrogen and oxygen atoms in total. The van der Waals surface area contributed by atoms with Crippen LogP contribution < -0.4 is 5.32 Å². The molecule has 0 aliphatic carbocycles. The van der Waals surface area contributed by atoms with Gasteiger partial charge in [-0.1, -0.05) is 35.3 Å². The highest BCUT2D eigenvalue weighted by Crippen LogP contribution is 2.19. The van der Waals surface area contributed by atoms with Crippen molar-refractivity contribution in [2.75, 3.05) is 0 Å². The van der Waals surface area contributed by atoms with Crippen molar-refractivity contribution in [1.82, 2.24) is 10.2 Å². The maximum atomic E-state index is 11.9. The highest BCUT2D eigenvalue weighted by Gasteiger charge is 2.24. The molecule has 0 bridgehead atoms. The van der Waals surface area contributed by atoms with E-state index in [2.05, 4.69) is 21.2 Å². The zero-order valence-electron chi connectivity index (χ0n) is 12.1. The Morgan fingerprint density at radius 3 is 2.71 bits per heavy atom. The third-order valence-corrected chi connectivity index (χ3v) is 3.76. The first-order valence-corrected chi connectivity index (χ1v) is 7.52. The molecule has 1 unspecified atom stereocenters. The van der Waals surface area contributed by atoms with E-state index >= 15 is 0 Å². The first-order valence-electron chi connectivity index (χ1n) is 6.73. The summed E-state index contributed by atoms with van der Waals surface area (Å²) in [5.74, 6) is -0.452. The van der Waals surface area contributed by atoms with Crippen molar-refractivity contribution in [3.63, 3.8) is 0 Å². The van der Waals surface area contributed by atoms with Crippen LogP contribution in [0, 0.1) is 6.92 Å². The number of carbonyl (C=O) groups excluding carboxylic acids is 3. The van der Waals surface area contributed by atoms with Crippen LogP contribution in [-0.4, -0.2) is 29.7 Å². The fourth-order valence-corrected chi connectivity index (χ4v) is 2.51. The molecule has 1 atom stereocenters. The van der Waals surface area contributed by atoms with Crippen LogP contribution in [-0.2, 0) is 20.9 Å². The molecule has 0 aliphatic rings. The van der Waals surface area contributed by atoms with Gasteiger partial charge in [-0.3, -0.25) is 19.7 Å². The topological polar surface area (TPSA) is 66.5 Å². The Kier molecular flexibility index (Phi) is 7.08. The second kappa shape index (κ2) is 8.56. The molecule has 0 radical (unpaired) electrons. The van der Waals surface area contributed by atoms with E-state index in [1.165, 1.54) is 4.90 Å². The fourth-order valence-electron chi connectivity index (χ4n) is 2.10. The van der Waals surface area contributed by atoms with Gasteiger partial charge >= 0.3 is 0 Å². The van der Waals surface area contributed by atoms with Crippen molar-refractivity contribution < 1.29 is 14.4 Å². The Morgan fingerprint density at radius 1 is 1.43 bits per heavy atom. The lowest BCUT2D eigenvalue weighted by atomic mass is 10.1. The van der Waals surface area contributed by atoms with Gasteiger partial charge in [0.15, 0.2) is 0 Å². The zero-order chi connectivity index (χ0) is 15.8.